The van der Waals surface area contributed by atoms with E-state index in [1.807, 2.05) is 0 Å². The molecule has 0 aromatic heterocycles. The summed E-state index contributed by atoms with van der Waals surface area (Å²) in [6, 6.07) is 0. The van der Waals surface area contributed by atoms with Crippen LogP contribution >= 0.6 is 0 Å². The van der Waals surface area contributed by atoms with Crippen molar-refractivity contribution < 1.29 is 19.1 Å². The third-order valence-electron chi connectivity index (χ3n) is 25.0. The Labute approximate surface area is 481 Å². The molecule has 442 valence electrons. The van der Waals surface area contributed by atoms with Crippen LogP contribution < -0.4 is 0 Å². The molecule has 8 aliphatic rings. The minimum atomic E-state index is 0.0351. The first-order valence-corrected chi connectivity index (χ1v) is 34.5. The van der Waals surface area contributed by atoms with Gasteiger partial charge in [0.1, 0.15) is 12.2 Å². The molecule has 78 heavy (non-hydrogen) atoms. The zero-order chi connectivity index (χ0) is 55.5. The topological polar surface area (TPSA) is 52.6 Å². The number of rotatable bonds is 29. The highest BCUT2D eigenvalue weighted by Crippen LogP contribution is 2.69. The zero-order valence-corrected chi connectivity index (χ0v) is 52.6. The Morgan fingerprint density at radius 1 is 0.462 bits per heavy atom. The zero-order valence-electron chi connectivity index (χ0n) is 52.6. The minimum absolute atomic E-state index is 0.0351. The van der Waals surface area contributed by atoms with E-state index in [2.05, 4.69) is 106 Å². The molecule has 0 radical (unpaired) electrons. The van der Waals surface area contributed by atoms with Crippen LogP contribution in [0.15, 0.2) is 47.6 Å². The Morgan fingerprint density at radius 3 is 1.27 bits per heavy atom. The number of unbranched alkanes of at least 4 members (excludes halogenated alkanes) is 9. The van der Waals surface area contributed by atoms with Crippen molar-refractivity contribution in [3.8, 4) is 0 Å². The highest BCUT2D eigenvalue weighted by molar-refractivity contribution is 5.70. The Bertz CT molecular complexity index is 1880. The maximum Gasteiger partial charge on any atom is 0.306 e. The van der Waals surface area contributed by atoms with Gasteiger partial charge in [0.2, 0.25) is 0 Å². The highest BCUT2D eigenvalue weighted by Gasteiger charge is 2.61. The predicted molar refractivity (Wildman–Crippen MR) is 329 cm³/mol. The average Bonchev–Trinajstić information content (AvgIpc) is 4.10. The van der Waals surface area contributed by atoms with Crippen LogP contribution in [0.5, 0.6) is 0 Å². The lowest BCUT2D eigenvalue weighted by molar-refractivity contribution is -0.152. The lowest BCUT2D eigenvalue weighted by Gasteiger charge is -2.58. The molecule has 0 saturated heterocycles. The summed E-state index contributed by atoms with van der Waals surface area (Å²) in [6.45, 7) is 25.3. The van der Waals surface area contributed by atoms with E-state index in [9.17, 15) is 9.59 Å². The van der Waals surface area contributed by atoms with E-state index in [0.717, 1.165) is 148 Å². The molecule has 0 N–H and O–H groups in total. The summed E-state index contributed by atoms with van der Waals surface area (Å²) in [5.74, 6) is 10.4. The van der Waals surface area contributed by atoms with Gasteiger partial charge in [-0.05, 0) is 234 Å². The van der Waals surface area contributed by atoms with Crippen molar-refractivity contribution in [1.29, 1.82) is 0 Å². The van der Waals surface area contributed by atoms with Crippen molar-refractivity contribution in [2.45, 2.75) is 313 Å². The van der Waals surface area contributed by atoms with Crippen molar-refractivity contribution in [3.63, 3.8) is 0 Å². The molecular formula is C74H122O4. The van der Waals surface area contributed by atoms with Gasteiger partial charge in [0, 0.05) is 25.7 Å². The van der Waals surface area contributed by atoms with Gasteiger partial charge in [-0.2, -0.15) is 0 Å². The lowest BCUT2D eigenvalue weighted by atomic mass is 9.47. The van der Waals surface area contributed by atoms with Gasteiger partial charge in [0.15, 0.2) is 0 Å². The summed E-state index contributed by atoms with van der Waals surface area (Å²) < 4.78 is 12.4. The van der Waals surface area contributed by atoms with Crippen molar-refractivity contribution in [2.75, 3.05) is 0 Å². The number of hydrogen-bond acceptors (Lipinski definition) is 4. The molecule has 0 aliphatic heterocycles. The smallest absolute Gasteiger partial charge is 0.306 e. The molecule has 16 unspecified atom stereocenters. The fourth-order valence-corrected chi connectivity index (χ4v) is 20.4. The molecule has 0 spiro atoms. The van der Waals surface area contributed by atoms with Gasteiger partial charge < -0.3 is 9.47 Å². The van der Waals surface area contributed by atoms with Crippen LogP contribution in [-0.4, -0.2) is 24.1 Å². The molecule has 0 aromatic rings. The highest BCUT2D eigenvalue weighted by atomic mass is 16.5. The molecule has 6 fully saturated rings. The summed E-state index contributed by atoms with van der Waals surface area (Å²) in [7, 11) is 0. The van der Waals surface area contributed by atoms with Crippen molar-refractivity contribution in [2.24, 2.45) is 92.7 Å². The number of esters is 2. The fourth-order valence-electron chi connectivity index (χ4n) is 20.4. The Morgan fingerprint density at radius 2 is 0.859 bits per heavy atom. The predicted octanol–water partition coefficient (Wildman–Crippen LogP) is 21.5. The fraction of sp³-hybridized carbons (Fsp3) is 0.865. The molecule has 0 amide bonds. The molecular weight excluding hydrogens is 953 g/mol. The number of carbonyl (C=O) groups is 2. The van der Waals surface area contributed by atoms with Crippen molar-refractivity contribution >= 4 is 11.9 Å². The van der Waals surface area contributed by atoms with Gasteiger partial charge in [0.25, 0.3) is 0 Å². The molecule has 4 nitrogen and oxygen atoms in total. The normalized spacial score (nSPS) is 37.0. The van der Waals surface area contributed by atoms with Crippen LogP contribution in [0.4, 0.5) is 0 Å². The molecule has 16 atom stereocenters. The van der Waals surface area contributed by atoms with Crippen LogP contribution in [0.25, 0.3) is 0 Å². The van der Waals surface area contributed by atoms with E-state index in [4.69, 9.17) is 9.47 Å². The van der Waals surface area contributed by atoms with Crippen LogP contribution in [0.2, 0.25) is 0 Å². The third kappa shape index (κ3) is 14.8. The van der Waals surface area contributed by atoms with E-state index in [0.29, 0.717) is 34.5 Å². The Hall–Kier alpha value is -2.10. The van der Waals surface area contributed by atoms with Gasteiger partial charge in [-0.15, -0.1) is 0 Å². The molecule has 0 heterocycles. The first kappa shape index (κ1) is 62.0. The SMILES string of the molecule is CC(C)CCCC(C)C1CCC2C3CC=C4CC(OC(=O)CCCCCC/C=C/CC/C=C/CCCCCCC(=O)OC5CCC6(C)C(=CCC7C6CCC6(C)C(C(C)CCCC(C)C)CCC76)C5)CCC4(C)C3CCC12C. The second-order valence-electron chi connectivity index (χ2n) is 30.7. The lowest BCUT2D eigenvalue weighted by Crippen LogP contribution is -2.51. The van der Waals surface area contributed by atoms with E-state index in [1.54, 1.807) is 11.1 Å². The first-order valence-electron chi connectivity index (χ1n) is 34.5. The van der Waals surface area contributed by atoms with Crippen LogP contribution in [0.1, 0.15) is 300 Å². The number of allylic oxidation sites excluding steroid dienone is 6. The van der Waals surface area contributed by atoms with Gasteiger partial charge >= 0.3 is 11.9 Å². The van der Waals surface area contributed by atoms with E-state index in [1.165, 1.54) is 141 Å². The molecule has 8 aliphatic carbocycles. The number of hydrogen-bond donors (Lipinski definition) is 0. The molecule has 0 bridgehead atoms. The number of fused-ring (bicyclic) bond motifs is 10. The van der Waals surface area contributed by atoms with Crippen LogP contribution in [-0.2, 0) is 19.1 Å². The van der Waals surface area contributed by atoms with Gasteiger partial charge in [-0.3, -0.25) is 9.59 Å². The standard InChI is InChI=1S/C74H122O4/c1-53(2)29-27-31-55(5)63-39-41-65-61-37-35-57-51-59(43-47-71(57,7)67(61)45-49-73(63,65)9)77-69(75)33-25-23-21-19-17-15-13-11-12-14-16-18-20-22-24-26-34-70(76)78-60-44-48-72(8)58(52-60)36-38-62-66-42-40-64(56(6)32-28-30-54(3)4)74(66,10)50-46-68(62)72/h13-16,35-36,53-56,59-68H,11-12,17-34,37-52H2,1-10H3/b15-13+,16-14+. The summed E-state index contributed by atoms with van der Waals surface area (Å²) in [6.07, 6.45) is 58.3. The maximum atomic E-state index is 13.0. The molecule has 4 heteroatoms. The van der Waals surface area contributed by atoms with Gasteiger partial charge in [-0.25, -0.2) is 0 Å². The molecule has 0 aromatic carbocycles. The quantitative estimate of drug-likeness (QED) is 0.0426. The summed E-state index contributed by atoms with van der Waals surface area (Å²) >= 11 is 0. The summed E-state index contributed by atoms with van der Waals surface area (Å²) in [5, 5.41) is 0. The number of ether oxygens (including phenoxy) is 2. The number of carbonyl (C=O) groups excluding carboxylic acids is 2. The van der Waals surface area contributed by atoms with Gasteiger partial charge in [-0.1, -0.05) is 181 Å². The first-order chi connectivity index (χ1) is 37.5. The Kier molecular flexibility index (Phi) is 22.6. The van der Waals surface area contributed by atoms with Crippen LogP contribution in [0.3, 0.4) is 0 Å². The van der Waals surface area contributed by atoms with E-state index in [-0.39, 0.29) is 24.1 Å². The average molecular weight is 1080 g/mol. The summed E-state index contributed by atoms with van der Waals surface area (Å²) in [4.78, 5) is 26.0. The molecule has 6 saturated carbocycles. The Balaban J connectivity index is 0.609. The van der Waals surface area contributed by atoms with Gasteiger partial charge in [0.05, 0.1) is 0 Å². The van der Waals surface area contributed by atoms with Crippen molar-refractivity contribution in [3.05, 3.63) is 47.6 Å². The minimum Gasteiger partial charge on any atom is -0.462 e. The summed E-state index contributed by atoms with van der Waals surface area (Å²) in [5.41, 5.74) is 4.95. The molecule has 8 rings (SSSR count). The van der Waals surface area contributed by atoms with Crippen LogP contribution in [0, 0.1) is 92.7 Å². The second kappa shape index (κ2) is 28.5. The largest absolute Gasteiger partial charge is 0.462 e. The maximum absolute atomic E-state index is 13.0. The van der Waals surface area contributed by atoms with E-state index >= 15 is 0 Å². The van der Waals surface area contributed by atoms with E-state index < -0.39 is 0 Å². The van der Waals surface area contributed by atoms with Crippen molar-refractivity contribution in [1.82, 2.24) is 0 Å². The monoisotopic (exact) mass is 1070 g/mol. The third-order valence-corrected chi connectivity index (χ3v) is 25.0. The second-order valence-corrected chi connectivity index (χ2v) is 30.7.